The number of anilines is 5. The van der Waals surface area contributed by atoms with Gasteiger partial charge in [-0.05, 0) is 92.6 Å². The van der Waals surface area contributed by atoms with Crippen LogP contribution in [-0.4, -0.2) is 71.5 Å². The third-order valence-electron chi connectivity index (χ3n) is 6.59. The van der Waals surface area contributed by atoms with Crippen LogP contribution in [-0.2, 0) is 0 Å². The molecule has 0 amide bonds. The molecule has 11 heteroatoms. The molecule has 1 aliphatic heterocycles. The number of hydrogen-bond donors (Lipinski definition) is 3. The van der Waals surface area contributed by atoms with Gasteiger partial charge in [0, 0.05) is 41.3 Å². The van der Waals surface area contributed by atoms with Crippen molar-refractivity contribution in [2.75, 3.05) is 56.5 Å². The lowest BCUT2D eigenvalue weighted by Gasteiger charge is -2.30. The van der Waals surface area contributed by atoms with E-state index in [4.69, 9.17) is 9.72 Å². The fraction of sp³-hybridized carbons (Fsp3) is 0.333. The Morgan fingerprint density at radius 1 is 1.00 bits per heavy atom. The number of halogens is 1. The number of nitrogens with one attached hydrogen (secondary N) is 3. The molecule has 1 fully saturated rings. The van der Waals surface area contributed by atoms with Gasteiger partial charge in [0.2, 0.25) is 5.95 Å². The lowest BCUT2D eigenvalue weighted by molar-refractivity contribution is 0.264. The zero-order chi connectivity index (χ0) is 26.6. The van der Waals surface area contributed by atoms with Gasteiger partial charge >= 0.3 is 0 Å². The molecular formula is C27H32BrN8OP. The lowest BCUT2D eigenvalue weighted by Crippen LogP contribution is -2.36. The highest BCUT2D eigenvalue weighted by Crippen LogP contribution is 2.35. The van der Waals surface area contributed by atoms with Crippen molar-refractivity contribution in [1.29, 1.82) is 0 Å². The smallest absolute Gasteiger partial charge is 0.229 e. The molecule has 2 aromatic carbocycles. The Morgan fingerprint density at radius 3 is 2.55 bits per heavy atom. The molecule has 3 heterocycles. The van der Waals surface area contributed by atoms with E-state index in [1.165, 1.54) is 0 Å². The number of nitrogens with zero attached hydrogens (tertiary/aromatic N) is 5. The maximum Gasteiger partial charge on any atom is 0.229 e. The topological polar surface area (TPSA) is 100 Å². The van der Waals surface area contributed by atoms with Crippen LogP contribution in [0.4, 0.5) is 28.8 Å². The summed E-state index contributed by atoms with van der Waals surface area (Å²) < 4.78 is 6.38. The standard InChI is InChI=1S/C27H32BrN8OP/c1-36-13-9-17(10-14-36)32-18-5-8-23(37-2)22(15-18)34-27-31-16-19(28)26(35-27)33-21-7-6-20-24(25(21)38(3)4)30-12-11-29-20/h5-8,11-12,15-17,32H,9-10,13-14H2,1-4H3,(H2,31,33,34,35). The zero-order valence-electron chi connectivity index (χ0n) is 22.0. The Bertz CT molecular complexity index is 1430. The first-order valence-corrected chi connectivity index (χ1v) is 15.5. The molecule has 9 nitrogen and oxygen atoms in total. The van der Waals surface area contributed by atoms with Gasteiger partial charge in [0.25, 0.3) is 0 Å². The molecule has 0 spiro atoms. The molecule has 0 atom stereocenters. The molecule has 5 rings (SSSR count). The Balaban J connectivity index is 1.40. The third-order valence-corrected chi connectivity index (χ3v) is 8.52. The van der Waals surface area contributed by atoms with E-state index in [1.807, 2.05) is 18.2 Å². The summed E-state index contributed by atoms with van der Waals surface area (Å²) in [5.74, 6) is 1.84. The third kappa shape index (κ3) is 5.98. The van der Waals surface area contributed by atoms with Crippen LogP contribution in [0, 0.1) is 0 Å². The van der Waals surface area contributed by atoms with E-state index in [2.05, 4.69) is 84.2 Å². The Kier molecular flexibility index (Phi) is 8.21. The van der Waals surface area contributed by atoms with Gasteiger partial charge in [0.15, 0.2) is 0 Å². The van der Waals surface area contributed by atoms with Crippen LogP contribution in [0.25, 0.3) is 11.0 Å². The first-order chi connectivity index (χ1) is 18.4. The minimum absolute atomic E-state index is 0.454. The van der Waals surface area contributed by atoms with Crippen molar-refractivity contribution in [3.63, 3.8) is 0 Å². The van der Waals surface area contributed by atoms with Gasteiger partial charge in [-0.2, -0.15) is 4.98 Å². The quantitative estimate of drug-likeness (QED) is 0.227. The highest BCUT2D eigenvalue weighted by Gasteiger charge is 2.18. The minimum atomic E-state index is -0.456. The van der Waals surface area contributed by atoms with Gasteiger partial charge in [0.05, 0.1) is 28.3 Å². The first-order valence-electron chi connectivity index (χ1n) is 12.5. The van der Waals surface area contributed by atoms with Crippen LogP contribution in [0.5, 0.6) is 5.75 Å². The normalized spacial score (nSPS) is 14.6. The monoisotopic (exact) mass is 594 g/mol. The van der Waals surface area contributed by atoms with E-state index in [9.17, 15) is 0 Å². The number of methoxy groups -OCH3 is 1. The number of aromatic nitrogens is 4. The Hall–Kier alpha value is -3.07. The number of rotatable bonds is 8. The van der Waals surface area contributed by atoms with Gasteiger partial charge in [0.1, 0.15) is 11.6 Å². The van der Waals surface area contributed by atoms with Gasteiger partial charge in [-0.15, -0.1) is 0 Å². The summed E-state index contributed by atoms with van der Waals surface area (Å²) in [5.41, 5.74) is 4.59. The van der Waals surface area contributed by atoms with Crippen LogP contribution in [0.3, 0.4) is 0 Å². The number of benzene rings is 2. The molecule has 1 saturated heterocycles. The van der Waals surface area contributed by atoms with Gasteiger partial charge < -0.3 is 25.6 Å². The van der Waals surface area contributed by atoms with Crippen LogP contribution in [0.2, 0.25) is 0 Å². The largest absolute Gasteiger partial charge is 0.495 e. The van der Waals surface area contributed by atoms with E-state index in [0.29, 0.717) is 17.8 Å². The molecule has 0 aliphatic carbocycles. The molecule has 38 heavy (non-hydrogen) atoms. The second kappa shape index (κ2) is 11.8. The summed E-state index contributed by atoms with van der Waals surface area (Å²) in [6.07, 6.45) is 7.44. The second-order valence-corrected chi connectivity index (χ2v) is 12.6. The molecule has 0 bridgehead atoms. The molecule has 3 N–H and O–H groups in total. The Morgan fingerprint density at radius 2 is 1.79 bits per heavy atom. The van der Waals surface area contributed by atoms with Gasteiger partial charge in [-0.25, -0.2) is 4.98 Å². The first kappa shape index (κ1) is 26.5. The summed E-state index contributed by atoms with van der Waals surface area (Å²) in [5, 5.41) is 11.7. The number of likely N-dealkylation sites (tertiary alicyclic amines) is 1. The summed E-state index contributed by atoms with van der Waals surface area (Å²) in [6, 6.07) is 10.5. The highest BCUT2D eigenvalue weighted by atomic mass is 79.9. The second-order valence-electron chi connectivity index (χ2n) is 9.56. The van der Waals surface area contributed by atoms with Crippen LogP contribution in [0.1, 0.15) is 12.8 Å². The molecule has 4 aromatic rings. The number of fused-ring (bicyclic) bond motifs is 1. The predicted octanol–water partition coefficient (Wildman–Crippen LogP) is 5.55. The minimum Gasteiger partial charge on any atom is -0.495 e. The van der Waals surface area contributed by atoms with E-state index in [-0.39, 0.29) is 0 Å². The molecule has 198 valence electrons. The maximum atomic E-state index is 5.62. The van der Waals surface area contributed by atoms with Crippen LogP contribution >= 0.6 is 23.9 Å². The van der Waals surface area contributed by atoms with Gasteiger partial charge in [-0.3, -0.25) is 9.97 Å². The van der Waals surface area contributed by atoms with Crippen molar-refractivity contribution in [2.24, 2.45) is 0 Å². The molecule has 0 saturated carbocycles. The molecule has 1 aliphatic rings. The van der Waals surface area contributed by atoms with E-state index >= 15 is 0 Å². The zero-order valence-corrected chi connectivity index (χ0v) is 24.5. The highest BCUT2D eigenvalue weighted by molar-refractivity contribution is 9.10. The summed E-state index contributed by atoms with van der Waals surface area (Å²) in [6.45, 7) is 6.63. The number of hydrogen-bond acceptors (Lipinski definition) is 9. The average molecular weight is 595 g/mol. The van der Waals surface area contributed by atoms with Crippen molar-refractivity contribution in [2.45, 2.75) is 18.9 Å². The van der Waals surface area contributed by atoms with Crippen LogP contribution in [0.15, 0.2) is 53.4 Å². The molecule has 2 aromatic heterocycles. The van der Waals surface area contributed by atoms with E-state index in [0.717, 1.165) is 69.6 Å². The van der Waals surface area contributed by atoms with Crippen molar-refractivity contribution >= 4 is 69.0 Å². The molecule has 0 unspecified atom stereocenters. The van der Waals surface area contributed by atoms with Crippen molar-refractivity contribution < 1.29 is 4.74 Å². The fourth-order valence-corrected chi connectivity index (χ4v) is 6.12. The number of ether oxygens (including phenoxy) is 1. The van der Waals surface area contributed by atoms with E-state index < -0.39 is 7.92 Å². The van der Waals surface area contributed by atoms with Crippen molar-refractivity contribution in [1.82, 2.24) is 24.8 Å². The summed E-state index contributed by atoms with van der Waals surface area (Å²) in [7, 11) is 3.38. The maximum absolute atomic E-state index is 5.62. The summed E-state index contributed by atoms with van der Waals surface area (Å²) >= 11 is 3.61. The van der Waals surface area contributed by atoms with Crippen molar-refractivity contribution in [3.05, 3.63) is 53.4 Å². The fourth-order valence-electron chi connectivity index (χ4n) is 4.62. The predicted molar refractivity (Wildman–Crippen MR) is 161 cm³/mol. The average Bonchev–Trinajstić information content (AvgIpc) is 2.91. The molecule has 0 radical (unpaired) electrons. The Labute approximate surface area is 232 Å². The summed E-state index contributed by atoms with van der Waals surface area (Å²) in [4.78, 5) is 20.7. The molecular weight excluding hydrogens is 563 g/mol. The van der Waals surface area contributed by atoms with Gasteiger partial charge in [-0.1, -0.05) is 7.92 Å². The van der Waals surface area contributed by atoms with E-state index in [1.54, 1.807) is 25.7 Å². The lowest BCUT2D eigenvalue weighted by atomic mass is 10.1. The van der Waals surface area contributed by atoms with Crippen molar-refractivity contribution in [3.8, 4) is 5.75 Å². The SMILES string of the molecule is COc1ccc(NC2CCN(C)CC2)cc1Nc1ncc(Br)c(Nc2ccc3nccnc3c2P(C)C)n1. The number of piperidine rings is 1. The van der Waals surface area contributed by atoms with Crippen LogP contribution < -0.4 is 26.0 Å².